The standard InChI is InChI=1S/C19H23N3O2S/c1-14-8-10-15(11-9-14)17(13-21-25(23,24)22(2)3)18-12-20-19-7-5-4-6-16(18)19/h4-12,17,20-21H,13H2,1-3H3. The van der Waals surface area contributed by atoms with Gasteiger partial charge in [-0.3, -0.25) is 0 Å². The smallest absolute Gasteiger partial charge is 0.278 e. The average molecular weight is 357 g/mol. The number of benzene rings is 2. The molecule has 0 aliphatic heterocycles. The van der Waals surface area contributed by atoms with E-state index < -0.39 is 10.2 Å². The monoisotopic (exact) mass is 357 g/mol. The van der Waals surface area contributed by atoms with Gasteiger partial charge >= 0.3 is 0 Å². The summed E-state index contributed by atoms with van der Waals surface area (Å²) in [7, 11) is -0.435. The highest BCUT2D eigenvalue weighted by Gasteiger charge is 2.21. The number of hydrogen-bond donors (Lipinski definition) is 2. The van der Waals surface area contributed by atoms with Gasteiger partial charge in [0, 0.05) is 43.7 Å². The first-order chi connectivity index (χ1) is 11.9. The van der Waals surface area contributed by atoms with Crippen LogP contribution >= 0.6 is 0 Å². The van der Waals surface area contributed by atoms with Crippen LogP contribution in [-0.4, -0.2) is 38.3 Å². The summed E-state index contributed by atoms with van der Waals surface area (Å²) in [5.74, 6) is -0.0773. The number of rotatable bonds is 6. The molecule has 25 heavy (non-hydrogen) atoms. The number of fused-ring (bicyclic) bond motifs is 1. The number of aryl methyl sites for hydroxylation is 1. The SMILES string of the molecule is Cc1ccc(C(CNS(=O)(=O)N(C)C)c2c[nH]c3ccccc23)cc1. The molecule has 0 fully saturated rings. The molecule has 2 aromatic carbocycles. The number of aromatic amines is 1. The number of para-hydroxylation sites is 1. The van der Waals surface area contributed by atoms with Crippen LogP contribution in [0.1, 0.15) is 22.6 Å². The molecule has 0 aliphatic rings. The van der Waals surface area contributed by atoms with E-state index >= 15 is 0 Å². The Labute approximate surface area is 148 Å². The van der Waals surface area contributed by atoms with Gasteiger partial charge in [0.05, 0.1) is 0 Å². The molecule has 0 spiro atoms. The minimum absolute atomic E-state index is 0.0773. The molecule has 0 bridgehead atoms. The van der Waals surface area contributed by atoms with Crippen molar-refractivity contribution >= 4 is 21.1 Å². The first kappa shape index (κ1) is 17.7. The van der Waals surface area contributed by atoms with Gasteiger partial charge in [-0.1, -0.05) is 48.0 Å². The summed E-state index contributed by atoms with van der Waals surface area (Å²) < 4.78 is 28.2. The van der Waals surface area contributed by atoms with Crippen molar-refractivity contribution in [3.8, 4) is 0 Å². The molecule has 5 nitrogen and oxygen atoms in total. The molecule has 1 unspecified atom stereocenters. The molecule has 132 valence electrons. The van der Waals surface area contributed by atoms with Crippen molar-refractivity contribution in [1.82, 2.24) is 14.0 Å². The maximum atomic E-state index is 12.2. The van der Waals surface area contributed by atoms with Crippen molar-refractivity contribution in [2.45, 2.75) is 12.8 Å². The molecule has 1 aromatic heterocycles. The zero-order chi connectivity index (χ0) is 18.0. The maximum Gasteiger partial charge on any atom is 0.278 e. The Morgan fingerprint density at radius 3 is 2.44 bits per heavy atom. The van der Waals surface area contributed by atoms with Gasteiger partial charge < -0.3 is 4.98 Å². The highest BCUT2D eigenvalue weighted by molar-refractivity contribution is 7.87. The summed E-state index contributed by atoms with van der Waals surface area (Å²) in [6, 6.07) is 16.3. The topological polar surface area (TPSA) is 65.2 Å². The van der Waals surface area contributed by atoms with Crippen LogP contribution in [0.3, 0.4) is 0 Å². The van der Waals surface area contributed by atoms with E-state index in [0.29, 0.717) is 6.54 Å². The highest BCUT2D eigenvalue weighted by atomic mass is 32.2. The quantitative estimate of drug-likeness (QED) is 0.712. The molecule has 1 atom stereocenters. The third kappa shape index (κ3) is 3.76. The summed E-state index contributed by atoms with van der Waals surface area (Å²) in [6.07, 6.45) is 1.97. The van der Waals surface area contributed by atoms with Crippen LogP contribution in [0.5, 0.6) is 0 Å². The summed E-state index contributed by atoms with van der Waals surface area (Å²) in [6.45, 7) is 2.34. The molecule has 0 radical (unpaired) electrons. The summed E-state index contributed by atoms with van der Waals surface area (Å²) in [4.78, 5) is 3.28. The number of nitrogens with zero attached hydrogens (tertiary/aromatic N) is 1. The van der Waals surface area contributed by atoms with Gasteiger partial charge in [0.1, 0.15) is 0 Å². The fourth-order valence-electron chi connectivity index (χ4n) is 2.91. The number of hydrogen-bond acceptors (Lipinski definition) is 2. The zero-order valence-corrected chi connectivity index (χ0v) is 15.5. The Balaban J connectivity index is 2.01. The molecule has 0 saturated heterocycles. The van der Waals surface area contributed by atoms with E-state index in [4.69, 9.17) is 0 Å². The largest absolute Gasteiger partial charge is 0.361 e. The fraction of sp³-hybridized carbons (Fsp3) is 0.263. The van der Waals surface area contributed by atoms with E-state index in [9.17, 15) is 8.42 Å². The highest BCUT2D eigenvalue weighted by Crippen LogP contribution is 2.30. The predicted molar refractivity (Wildman–Crippen MR) is 102 cm³/mol. The Hall–Kier alpha value is -2.15. The lowest BCUT2D eigenvalue weighted by Gasteiger charge is -2.20. The van der Waals surface area contributed by atoms with Gasteiger partial charge in [0.2, 0.25) is 0 Å². The average Bonchev–Trinajstić information content (AvgIpc) is 3.00. The lowest BCUT2D eigenvalue weighted by atomic mass is 9.90. The van der Waals surface area contributed by atoms with E-state index in [0.717, 1.165) is 22.0 Å². The Morgan fingerprint density at radius 1 is 1.08 bits per heavy atom. The Morgan fingerprint density at radius 2 is 1.76 bits per heavy atom. The summed E-state index contributed by atoms with van der Waals surface area (Å²) >= 11 is 0. The van der Waals surface area contributed by atoms with Crippen LogP contribution in [0.2, 0.25) is 0 Å². The fourth-order valence-corrected chi connectivity index (χ4v) is 3.54. The first-order valence-corrected chi connectivity index (χ1v) is 9.62. The van der Waals surface area contributed by atoms with Crippen LogP contribution in [0.15, 0.2) is 54.7 Å². The minimum atomic E-state index is -3.48. The van der Waals surface area contributed by atoms with Crippen molar-refractivity contribution in [3.63, 3.8) is 0 Å². The Bertz CT molecular complexity index is 960. The van der Waals surface area contributed by atoms with Crippen molar-refractivity contribution in [2.75, 3.05) is 20.6 Å². The van der Waals surface area contributed by atoms with E-state index in [1.165, 1.54) is 24.0 Å². The van der Waals surface area contributed by atoms with Crippen molar-refractivity contribution < 1.29 is 8.42 Å². The zero-order valence-electron chi connectivity index (χ0n) is 14.7. The summed E-state index contributed by atoms with van der Waals surface area (Å²) in [5, 5.41) is 1.11. The molecule has 0 aliphatic carbocycles. The van der Waals surface area contributed by atoms with Gasteiger partial charge in [-0.25, -0.2) is 4.72 Å². The maximum absolute atomic E-state index is 12.2. The van der Waals surface area contributed by atoms with Gasteiger partial charge in [0.15, 0.2) is 0 Å². The van der Waals surface area contributed by atoms with Crippen molar-refractivity contribution in [2.24, 2.45) is 0 Å². The molecule has 0 saturated carbocycles. The Kier molecular flexibility index (Phi) is 4.94. The molecule has 0 amide bonds. The molecular weight excluding hydrogens is 334 g/mol. The normalized spacial score (nSPS) is 13.4. The van der Waals surface area contributed by atoms with Crippen molar-refractivity contribution in [3.05, 3.63) is 71.4 Å². The molecule has 2 N–H and O–H groups in total. The predicted octanol–water partition coefficient (Wildman–Crippen LogP) is 3.00. The number of nitrogens with one attached hydrogen (secondary N) is 2. The van der Waals surface area contributed by atoms with Crippen LogP contribution in [0.25, 0.3) is 10.9 Å². The first-order valence-electron chi connectivity index (χ1n) is 8.18. The lowest BCUT2D eigenvalue weighted by molar-refractivity contribution is 0.503. The second-order valence-corrected chi connectivity index (χ2v) is 8.36. The second kappa shape index (κ2) is 7.00. The number of H-pyrrole nitrogens is 1. The van der Waals surface area contributed by atoms with E-state index in [1.807, 2.05) is 31.3 Å². The third-order valence-corrected chi connectivity index (χ3v) is 5.92. The molecule has 3 aromatic rings. The second-order valence-electron chi connectivity index (χ2n) is 6.39. The molecule has 1 heterocycles. The number of aromatic nitrogens is 1. The van der Waals surface area contributed by atoms with Crippen LogP contribution in [-0.2, 0) is 10.2 Å². The van der Waals surface area contributed by atoms with E-state index in [1.54, 1.807) is 0 Å². The lowest BCUT2D eigenvalue weighted by Crippen LogP contribution is -2.38. The molecule has 6 heteroatoms. The van der Waals surface area contributed by atoms with E-state index in [-0.39, 0.29) is 5.92 Å². The van der Waals surface area contributed by atoms with Crippen LogP contribution in [0.4, 0.5) is 0 Å². The van der Waals surface area contributed by atoms with Crippen molar-refractivity contribution in [1.29, 1.82) is 0 Å². The van der Waals surface area contributed by atoms with E-state index in [2.05, 4.69) is 40.0 Å². The van der Waals surface area contributed by atoms with Gasteiger partial charge in [-0.15, -0.1) is 0 Å². The molecule has 3 rings (SSSR count). The third-order valence-electron chi connectivity index (χ3n) is 4.43. The van der Waals surface area contributed by atoms with Gasteiger partial charge in [-0.05, 0) is 24.1 Å². The van der Waals surface area contributed by atoms with Crippen LogP contribution < -0.4 is 4.72 Å². The summed E-state index contributed by atoms with van der Waals surface area (Å²) in [5.41, 5.74) is 4.39. The van der Waals surface area contributed by atoms with Gasteiger partial charge in [-0.2, -0.15) is 12.7 Å². The van der Waals surface area contributed by atoms with Gasteiger partial charge in [0.25, 0.3) is 10.2 Å². The minimum Gasteiger partial charge on any atom is -0.361 e. The van der Waals surface area contributed by atoms with Crippen LogP contribution in [0, 0.1) is 6.92 Å². The molecular formula is C19H23N3O2S.